The van der Waals surface area contributed by atoms with Crippen molar-refractivity contribution in [3.8, 4) is 0 Å². The molecule has 0 fully saturated rings. The molecule has 7 heteroatoms. The van der Waals surface area contributed by atoms with Crippen LogP contribution in [0.25, 0.3) is 0 Å². The van der Waals surface area contributed by atoms with Gasteiger partial charge < -0.3 is 16.0 Å². The molecule has 0 atom stereocenters. The zero-order valence-corrected chi connectivity index (χ0v) is 24.0. The first-order valence-corrected chi connectivity index (χ1v) is 13.3. The quantitative estimate of drug-likeness (QED) is 0.157. The Morgan fingerprint density at radius 1 is 0.621 bits per heavy atom. The van der Waals surface area contributed by atoms with E-state index < -0.39 is 7.82 Å². The molecule has 0 amide bonds. The van der Waals surface area contributed by atoms with Crippen molar-refractivity contribution in [1.29, 1.82) is 0 Å². The van der Waals surface area contributed by atoms with E-state index in [9.17, 15) is 4.57 Å². The van der Waals surface area contributed by atoms with E-state index in [4.69, 9.17) is 14.5 Å². The van der Waals surface area contributed by atoms with E-state index in [0.717, 1.165) is 32.5 Å². The maximum atomic E-state index is 10.5. The summed E-state index contributed by atoms with van der Waals surface area (Å²) in [6.45, 7) is 8.10. The molecule has 0 aliphatic rings. The van der Waals surface area contributed by atoms with Crippen LogP contribution < -0.4 is 51.4 Å². The van der Waals surface area contributed by atoms with Gasteiger partial charge in [-0.15, -0.1) is 0 Å². The van der Waals surface area contributed by atoms with Crippen molar-refractivity contribution >= 4 is 7.82 Å². The number of hydrogen-bond donors (Lipinski definition) is 2. The first-order valence-electron chi connectivity index (χ1n) is 11.8. The summed E-state index contributed by atoms with van der Waals surface area (Å²) >= 11 is 0. The molecule has 0 saturated heterocycles. The van der Waals surface area contributed by atoms with Gasteiger partial charge in [0.15, 0.2) is 0 Å². The Morgan fingerprint density at radius 2 is 0.931 bits per heavy atom. The van der Waals surface area contributed by atoms with Gasteiger partial charge in [0.25, 0.3) is 0 Å². The molecule has 0 radical (unpaired) electrons. The predicted octanol–water partition coefficient (Wildman–Crippen LogP) is 4.52. The van der Waals surface area contributed by atoms with Crippen LogP contribution in [0, 0.1) is 0 Å². The van der Waals surface area contributed by atoms with Gasteiger partial charge >= 0.3 is 59.2 Å². The van der Waals surface area contributed by atoms with E-state index in [-0.39, 0.29) is 59.4 Å². The minimum Gasteiger partial charge on any atom is -1.00 e. The average molecular weight is 465 g/mol. The van der Waals surface area contributed by atoms with Crippen LogP contribution in [0.4, 0.5) is 0 Å². The van der Waals surface area contributed by atoms with Gasteiger partial charge in [0, 0.05) is 13.2 Å². The van der Waals surface area contributed by atoms with Gasteiger partial charge in [0.2, 0.25) is 0 Å². The molecule has 174 valence electrons. The number of phosphoric acid groups is 1. The fourth-order valence-electron chi connectivity index (χ4n) is 3.04. The van der Waals surface area contributed by atoms with Crippen LogP contribution in [0.1, 0.15) is 125 Å². The molecular formula is C22H50KO5P. The van der Waals surface area contributed by atoms with Crippen molar-refractivity contribution < 1.29 is 76.4 Å². The van der Waals surface area contributed by atoms with Crippen molar-refractivity contribution in [2.45, 2.75) is 124 Å². The molecule has 5 nitrogen and oxygen atoms in total. The molecule has 0 heterocycles. The largest absolute Gasteiger partial charge is 1.00 e. The third-order valence-corrected chi connectivity index (χ3v) is 5.18. The third kappa shape index (κ3) is 40.6. The Labute approximate surface area is 225 Å². The molecule has 0 aromatic carbocycles. The molecule has 0 rings (SSSR count). The number of hydrogen-bond acceptors (Lipinski definition) is 3. The Hall–Kier alpha value is 1.71. The van der Waals surface area contributed by atoms with Gasteiger partial charge in [0.05, 0.1) is 6.61 Å². The van der Waals surface area contributed by atoms with Crippen molar-refractivity contribution in [2.75, 3.05) is 19.8 Å². The number of ether oxygens (including phenoxy) is 1. The molecule has 0 aromatic rings. The second-order valence-electron chi connectivity index (χ2n) is 7.41. The molecule has 0 aliphatic carbocycles. The van der Waals surface area contributed by atoms with Crippen LogP contribution in [0.5, 0.6) is 0 Å². The van der Waals surface area contributed by atoms with E-state index in [2.05, 4.69) is 11.4 Å². The van der Waals surface area contributed by atoms with Crippen LogP contribution in [0.2, 0.25) is 0 Å². The summed E-state index contributed by atoms with van der Waals surface area (Å²) in [6.07, 6.45) is 20.7. The van der Waals surface area contributed by atoms with Crippen LogP contribution in [0.3, 0.4) is 0 Å². The minimum atomic E-state index is -4.26. The van der Waals surface area contributed by atoms with Gasteiger partial charge in [-0.25, -0.2) is 4.57 Å². The fraction of sp³-hybridized carbons (Fsp3) is 1.00. The Bertz CT molecular complexity index is 331. The molecule has 29 heavy (non-hydrogen) atoms. The summed E-state index contributed by atoms with van der Waals surface area (Å²) in [4.78, 5) is 17.1. The zero-order valence-electron chi connectivity index (χ0n) is 21.0. The summed E-state index contributed by atoms with van der Waals surface area (Å²) < 4.78 is 19.7. The number of phosphoric ester groups is 1. The maximum Gasteiger partial charge on any atom is 1.00 e. The fourth-order valence-corrected chi connectivity index (χ4v) is 3.40. The summed E-state index contributed by atoms with van der Waals surface area (Å²) in [5, 5.41) is 0. The van der Waals surface area contributed by atoms with Gasteiger partial charge in [-0.1, -0.05) is 103 Å². The Balaban J connectivity index is -0.000000429. The van der Waals surface area contributed by atoms with Crippen LogP contribution in [-0.4, -0.2) is 29.6 Å². The predicted molar refractivity (Wildman–Crippen MR) is 121 cm³/mol. The first-order chi connectivity index (χ1) is 13.5. The SMILES string of the molecule is CCCCCCCCCCCCCCCCCCOP(=O)(O)O.CCOCC.[H-].[K+]. The van der Waals surface area contributed by atoms with Crippen LogP contribution >= 0.6 is 7.82 Å². The minimum absolute atomic E-state index is 0. The van der Waals surface area contributed by atoms with E-state index >= 15 is 0 Å². The van der Waals surface area contributed by atoms with Gasteiger partial charge in [0.1, 0.15) is 0 Å². The third-order valence-electron chi connectivity index (χ3n) is 4.67. The van der Waals surface area contributed by atoms with E-state index in [1.807, 2.05) is 13.8 Å². The summed E-state index contributed by atoms with van der Waals surface area (Å²) in [5.41, 5.74) is 0. The molecule has 0 saturated carbocycles. The van der Waals surface area contributed by atoms with E-state index in [1.54, 1.807) is 0 Å². The first kappa shape index (κ1) is 35.3. The molecule has 0 bridgehead atoms. The zero-order chi connectivity index (χ0) is 21.3. The Morgan fingerprint density at radius 3 is 1.17 bits per heavy atom. The molecule has 0 unspecified atom stereocenters. The van der Waals surface area contributed by atoms with Crippen molar-refractivity contribution in [1.82, 2.24) is 0 Å². The maximum absolute atomic E-state index is 10.5. The smallest absolute Gasteiger partial charge is 1.00 e. The van der Waals surface area contributed by atoms with Gasteiger partial charge in [-0.3, -0.25) is 4.52 Å². The molecule has 0 aliphatic heterocycles. The molecular weight excluding hydrogens is 414 g/mol. The standard InChI is InChI=1S/C18H39O4P.C4H10O.K.H/c1-2-3-4-5-6-7-8-9-10-11-12-13-14-15-16-17-18-22-23(19,20)21;1-3-5-4-2;;/h2-18H2,1H3,(H2,19,20,21);3-4H2,1-2H3;;/q;;+1;-1. The van der Waals surface area contributed by atoms with Gasteiger partial charge in [-0.2, -0.15) is 0 Å². The van der Waals surface area contributed by atoms with Crippen molar-refractivity contribution in [2.24, 2.45) is 0 Å². The Kier molecular flexibility index (Phi) is 36.2. The monoisotopic (exact) mass is 464 g/mol. The normalized spacial score (nSPS) is 10.9. The average Bonchev–Trinajstić information content (AvgIpc) is 2.64. The second kappa shape index (κ2) is 29.7. The van der Waals surface area contributed by atoms with Crippen molar-refractivity contribution in [3.63, 3.8) is 0 Å². The molecule has 0 aromatic heterocycles. The summed E-state index contributed by atoms with van der Waals surface area (Å²) in [5.74, 6) is 0. The second-order valence-corrected chi connectivity index (χ2v) is 8.65. The summed E-state index contributed by atoms with van der Waals surface area (Å²) in [6, 6.07) is 0. The molecule has 0 spiro atoms. The van der Waals surface area contributed by atoms with Crippen molar-refractivity contribution in [3.05, 3.63) is 0 Å². The van der Waals surface area contributed by atoms with E-state index in [0.29, 0.717) is 0 Å². The molecule has 2 N–H and O–H groups in total. The number of rotatable bonds is 20. The van der Waals surface area contributed by atoms with E-state index in [1.165, 1.54) is 83.5 Å². The summed E-state index contributed by atoms with van der Waals surface area (Å²) in [7, 11) is -4.26. The topological polar surface area (TPSA) is 76.0 Å². The van der Waals surface area contributed by atoms with Crippen LogP contribution in [0.15, 0.2) is 0 Å². The van der Waals surface area contributed by atoms with Crippen LogP contribution in [-0.2, 0) is 13.8 Å². The van der Waals surface area contributed by atoms with Gasteiger partial charge in [-0.05, 0) is 20.3 Å². The number of unbranched alkanes of at least 4 members (excludes halogenated alkanes) is 15.